The molecule has 35 heavy (non-hydrogen) atoms. The number of hydrogen-bond acceptors (Lipinski definition) is 6. The molecule has 2 aliphatic rings. The van der Waals surface area contributed by atoms with Gasteiger partial charge in [-0.3, -0.25) is 9.59 Å². The first-order valence-corrected chi connectivity index (χ1v) is 12.1. The number of piperazine rings is 1. The molecule has 0 radical (unpaired) electrons. The number of rotatable bonds is 6. The highest BCUT2D eigenvalue weighted by atomic mass is 16.5. The molecule has 3 aromatic rings. The van der Waals surface area contributed by atoms with Crippen LogP contribution in [0.3, 0.4) is 0 Å². The first kappa shape index (κ1) is 23.1. The van der Waals surface area contributed by atoms with Gasteiger partial charge in [-0.2, -0.15) is 5.26 Å². The topological polar surface area (TPSA) is 102 Å². The summed E-state index contributed by atoms with van der Waals surface area (Å²) in [5, 5.41) is 11.6. The number of carbonyl (C=O) groups is 1. The third-order valence-corrected chi connectivity index (χ3v) is 6.99. The van der Waals surface area contributed by atoms with E-state index < -0.39 is 0 Å². The molecular weight excluding hydrogens is 442 g/mol. The predicted octanol–water partition coefficient (Wildman–Crippen LogP) is 3.41. The number of benzene rings is 1. The van der Waals surface area contributed by atoms with Gasteiger partial charge in [0.05, 0.1) is 24.3 Å². The minimum Gasteiger partial charge on any atom is -0.384 e. The Labute approximate surface area is 204 Å². The van der Waals surface area contributed by atoms with Crippen LogP contribution in [0.4, 0.5) is 5.82 Å². The number of H-pyrrole nitrogens is 1. The van der Waals surface area contributed by atoms with Crippen LogP contribution in [0.25, 0.3) is 21.9 Å². The molecule has 0 bridgehead atoms. The van der Waals surface area contributed by atoms with Crippen molar-refractivity contribution >= 4 is 22.5 Å². The standard InChI is InChI=1S/C27H29N5O3/c1-17-16-31(11-12-32(17)24(33)9-13-35-2)26-19(15-28)14-23(25(30-26)18-6-7-18)20-4-3-5-22-21(20)8-10-29-27(22)34/h3-5,8,10,14,17-18H,6-7,9,11-13,16H2,1-2H3,(H,29,34). The number of aromatic nitrogens is 2. The molecule has 2 aromatic heterocycles. The summed E-state index contributed by atoms with van der Waals surface area (Å²) in [6.07, 6.45) is 4.16. The Balaban J connectivity index is 1.52. The van der Waals surface area contributed by atoms with Gasteiger partial charge in [0.15, 0.2) is 0 Å². The number of anilines is 1. The Hall–Kier alpha value is -3.70. The van der Waals surface area contributed by atoms with Gasteiger partial charge in [-0.05, 0) is 48.9 Å². The van der Waals surface area contributed by atoms with E-state index >= 15 is 0 Å². The van der Waals surface area contributed by atoms with Gasteiger partial charge in [-0.1, -0.05) is 12.1 Å². The number of nitrogens with one attached hydrogen (secondary N) is 1. The molecule has 3 heterocycles. The number of nitriles is 1. The SMILES string of the molecule is COCCC(=O)N1CCN(c2nc(C3CC3)c(-c3cccc4c(=O)[nH]ccc34)cc2C#N)CC1C. The summed E-state index contributed by atoms with van der Waals surface area (Å²) < 4.78 is 5.06. The molecule has 8 heteroatoms. The number of fused-ring (bicyclic) bond motifs is 1. The van der Waals surface area contributed by atoms with Crippen LogP contribution in [-0.4, -0.2) is 60.2 Å². The van der Waals surface area contributed by atoms with E-state index in [1.54, 1.807) is 13.3 Å². The zero-order chi connectivity index (χ0) is 24.5. The third kappa shape index (κ3) is 4.40. The molecule has 1 N–H and O–H groups in total. The number of aromatic amines is 1. The van der Waals surface area contributed by atoms with Gasteiger partial charge in [0.25, 0.3) is 5.56 Å². The second kappa shape index (κ2) is 9.51. The lowest BCUT2D eigenvalue weighted by molar-refractivity contribution is -0.134. The van der Waals surface area contributed by atoms with Gasteiger partial charge >= 0.3 is 0 Å². The largest absolute Gasteiger partial charge is 0.384 e. The second-order valence-electron chi connectivity index (χ2n) is 9.38. The average Bonchev–Trinajstić information content (AvgIpc) is 3.72. The Bertz CT molecular complexity index is 1370. The lowest BCUT2D eigenvalue weighted by Gasteiger charge is -2.41. The lowest BCUT2D eigenvalue weighted by Crippen LogP contribution is -2.54. The van der Waals surface area contributed by atoms with E-state index in [9.17, 15) is 14.9 Å². The first-order chi connectivity index (χ1) is 17.0. The molecule has 1 aliphatic carbocycles. The molecule has 1 amide bonds. The number of nitrogens with zero attached hydrogens (tertiary/aromatic N) is 4. The van der Waals surface area contributed by atoms with Crippen molar-refractivity contribution in [1.82, 2.24) is 14.9 Å². The second-order valence-corrected chi connectivity index (χ2v) is 9.38. The average molecular weight is 472 g/mol. The summed E-state index contributed by atoms with van der Waals surface area (Å²) in [6, 6.07) is 11.9. The van der Waals surface area contributed by atoms with Gasteiger partial charge in [-0.25, -0.2) is 4.98 Å². The van der Waals surface area contributed by atoms with Crippen LogP contribution in [-0.2, 0) is 9.53 Å². The van der Waals surface area contributed by atoms with Crippen molar-refractivity contribution in [2.75, 3.05) is 38.3 Å². The van der Waals surface area contributed by atoms with E-state index in [0.29, 0.717) is 55.3 Å². The van der Waals surface area contributed by atoms with Gasteiger partial charge in [0, 0.05) is 55.9 Å². The van der Waals surface area contributed by atoms with Crippen molar-refractivity contribution in [3.63, 3.8) is 0 Å². The van der Waals surface area contributed by atoms with Crippen LogP contribution in [0, 0.1) is 11.3 Å². The number of methoxy groups -OCH3 is 1. The molecule has 1 unspecified atom stereocenters. The summed E-state index contributed by atoms with van der Waals surface area (Å²) in [4.78, 5) is 36.8. The quantitative estimate of drug-likeness (QED) is 0.591. The van der Waals surface area contributed by atoms with Crippen molar-refractivity contribution in [2.24, 2.45) is 0 Å². The predicted molar refractivity (Wildman–Crippen MR) is 134 cm³/mol. The highest BCUT2D eigenvalue weighted by Gasteiger charge is 2.33. The molecule has 1 saturated heterocycles. The highest BCUT2D eigenvalue weighted by molar-refractivity contribution is 5.97. The van der Waals surface area contributed by atoms with Gasteiger partial charge < -0.3 is 19.5 Å². The molecule has 1 aliphatic heterocycles. The van der Waals surface area contributed by atoms with Crippen molar-refractivity contribution in [3.05, 3.63) is 58.1 Å². The van der Waals surface area contributed by atoms with Crippen LogP contribution >= 0.6 is 0 Å². The maximum absolute atomic E-state index is 12.6. The summed E-state index contributed by atoms with van der Waals surface area (Å²) in [5.74, 6) is 1.13. The zero-order valence-electron chi connectivity index (χ0n) is 20.1. The number of ether oxygens (including phenoxy) is 1. The Morgan fingerprint density at radius 1 is 1.23 bits per heavy atom. The van der Waals surface area contributed by atoms with E-state index in [4.69, 9.17) is 9.72 Å². The van der Waals surface area contributed by atoms with Gasteiger partial charge in [0.2, 0.25) is 5.91 Å². The molecule has 1 atom stereocenters. The molecule has 8 nitrogen and oxygen atoms in total. The van der Waals surface area contributed by atoms with Crippen molar-refractivity contribution < 1.29 is 9.53 Å². The van der Waals surface area contributed by atoms with Crippen LogP contribution < -0.4 is 10.5 Å². The van der Waals surface area contributed by atoms with Crippen molar-refractivity contribution in [3.8, 4) is 17.2 Å². The third-order valence-electron chi connectivity index (χ3n) is 6.99. The minimum atomic E-state index is -0.130. The van der Waals surface area contributed by atoms with Crippen molar-refractivity contribution in [1.29, 1.82) is 5.26 Å². The van der Waals surface area contributed by atoms with Crippen LogP contribution in [0.1, 0.15) is 43.4 Å². The van der Waals surface area contributed by atoms with Crippen molar-refractivity contribution in [2.45, 2.75) is 38.1 Å². The van der Waals surface area contributed by atoms with Crippen LogP contribution in [0.2, 0.25) is 0 Å². The molecule has 180 valence electrons. The molecule has 5 rings (SSSR count). The minimum absolute atomic E-state index is 0.00953. The summed E-state index contributed by atoms with van der Waals surface area (Å²) >= 11 is 0. The maximum Gasteiger partial charge on any atom is 0.255 e. The van der Waals surface area contributed by atoms with E-state index in [1.807, 2.05) is 42.2 Å². The summed E-state index contributed by atoms with van der Waals surface area (Å²) in [7, 11) is 1.60. The van der Waals surface area contributed by atoms with E-state index in [0.717, 1.165) is 35.0 Å². The van der Waals surface area contributed by atoms with Gasteiger partial charge in [0.1, 0.15) is 11.9 Å². The number of pyridine rings is 2. The van der Waals surface area contributed by atoms with Crippen LogP contribution in [0.5, 0.6) is 0 Å². The van der Waals surface area contributed by atoms with Gasteiger partial charge in [-0.15, -0.1) is 0 Å². The molecule has 0 spiro atoms. The van der Waals surface area contributed by atoms with E-state index in [1.165, 1.54) is 0 Å². The normalized spacial score (nSPS) is 18.0. The fourth-order valence-electron chi connectivity index (χ4n) is 5.03. The summed E-state index contributed by atoms with van der Waals surface area (Å²) in [5.41, 5.74) is 3.21. The summed E-state index contributed by atoms with van der Waals surface area (Å²) in [6.45, 7) is 4.28. The smallest absolute Gasteiger partial charge is 0.255 e. The lowest BCUT2D eigenvalue weighted by atomic mass is 9.95. The number of carbonyl (C=O) groups excluding carboxylic acids is 1. The first-order valence-electron chi connectivity index (χ1n) is 12.1. The Kier molecular flexibility index (Phi) is 6.27. The zero-order valence-corrected chi connectivity index (χ0v) is 20.1. The van der Waals surface area contributed by atoms with Crippen LogP contribution in [0.15, 0.2) is 41.3 Å². The number of hydrogen-bond donors (Lipinski definition) is 1. The fraction of sp³-hybridized carbons (Fsp3) is 0.407. The number of amides is 1. The maximum atomic E-state index is 12.6. The monoisotopic (exact) mass is 471 g/mol. The highest BCUT2D eigenvalue weighted by Crippen LogP contribution is 2.46. The van der Waals surface area contributed by atoms with E-state index in [-0.39, 0.29) is 17.5 Å². The Morgan fingerprint density at radius 3 is 2.77 bits per heavy atom. The molecule has 2 fully saturated rings. The molecule has 1 saturated carbocycles. The fourth-order valence-corrected chi connectivity index (χ4v) is 5.03. The van der Waals surface area contributed by atoms with E-state index in [2.05, 4.69) is 16.0 Å². The Morgan fingerprint density at radius 2 is 2.06 bits per heavy atom. The molecule has 1 aromatic carbocycles. The molecular formula is C27H29N5O3.